The maximum atomic E-state index is 10.9. The number of methoxy groups -OCH3 is 1. The third-order valence-electron chi connectivity index (χ3n) is 5.26. The standard InChI is InChI=1S/C21H38O5/c1-3-4-8-11-17(22)12-13-18-19(23)16-20(24)21(18,25)14-9-6-5-7-10-15-26-2/h6,9,12-13,17-20,22-25H,3-5,7-8,10-11,14-16H2,1-2H3/b9-6-,13-12+/t17-,18-,19+,20-,21+/m0/s1. The van der Waals surface area contributed by atoms with Gasteiger partial charge in [0.25, 0.3) is 0 Å². The van der Waals surface area contributed by atoms with Gasteiger partial charge in [0.05, 0.1) is 18.3 Å². The van der Waals surface area contributed by atoms with Gasteiger partial charge in [-0.2, -0.15) is 0 Å². The van der Waals surface area contributed by atoms with Gasteiger partial charge in [-0.15, -0.1) is 0 Å². The van der Waals surface area contributed by atoms with E-state index in [-0.39, 0.29) is 12.8 Å². The lowest BCUT2D eigenvalue weighted by molar-refractivity contribution is -0.0725. The van der Waals surface area contributed by atoms with Crippen LogP contribution in [0.4, 0.5) is 0 Å². The van der Waals surface area contributed by atoms with E-state index in [0.29, 0.717) is 6.42 Å². The molecule has 1 rings (SSSR count). The second kappa shape index (κ2) is 12.6. The third kappa shape index (κ3) is 7.49. The SMILES string of the molecule is CCCCC[C@H](O)/C=C/[C@H]1[C@H](O)C[C@H](O)[C@@]1(O)C/C=C\CCCCOC. The molecule has 0 bridgehead atoms. The van der Waals surface area contributed by atoms with Crippen molar-refractivity contribution in [3.63, 3.8) is 0 Å². The summed E-state index contributed by atoms with van der Waals surface area (Å²) in [7, 11) is 1.69. The Balaban J connectivity index is 2.57. The highest BCUT2D eigenvalue weighted by Crippen LogP contribution is 2.40. The van der Waals surface area contributed by atoms with Gasteiger partial charge in [0, 0.05) is 26.1 Å². The first-order valence-electron chi connectivity index (χ1n) is 10.0. The van der Waals surface area contributed by atoms with Crippen LogP contribution < -0.4 is 0 Å². The second-order valence-corrected chi connectivity index (χ2v) is 7.45. The van der Waals surface area contributed by atoms with Crippen molar-refractivity contribution in [1.29, 1.82) is 0 Å². The van der Waals surface area contributed by atoms with E-state index in [4.69, 9.17) is 4.74 Å². The van der Waals surface area contributed by atoms with Gasteiger partial charge in [-0.05, 0) is 32.1 Å². The quantitative estimate of drug-likeness (QED) is 0.296. The maximum Gasteiger partial charge on any atom is 0.103 e. The number of allylic oxidation sites excluding steroid dienone is 1. The first-order valence-corrected chi connectivity index (χ1v) is 10.0. The molecule has 1 aliphatic carbocycles. The normalized spacial score (nSPS) is 30.6. The molecule has 1 fully saturated rings. The number of hydrogen-bond acceptors (Lipinski definition) is 5. The number of unbranched alkanes of at least 4 members (excludes halogenated alkanes) is 4. The molecule has 1 saturated carbocycles. The zero-order valence-electron chi connectivity index (χ0n) is 16.4. The van der Waals surface area contributed by atoms with Crippen LogP contribution in [0, 0.1) is 5.92 Å². The first kappa shape index (κ1) is 23.3. The Kier molecular flexibility index (Phi) is 11.3. The van der Waals surface area contributed by atoms with E-state index in [1.807, 2.05) is 12.2 Å². The van der Waals surface area contributed by atoms with Crippen molar-refractivity contribution < 1.29 is 25.2 Å². The van der Waals surface area contributed by atoms with Crippen molar-refractivity contribution in [2.24, 2.45) is 5.92 Å². The third-order valence-corrected chi connectivity index (χ3v) is 5.26. The largest absolute Gasteiger partial charge is 0.392 e. The highest BCUT2D eigenvalue weighted by atomic mass is 16.5. The lowest BCUT2D eigenvalue weighted by atomic mass is 9.84. The predicted octanol–water partition coefficient (Wildman–Crippen LogP) is 2.72. The Morgan fingerprint density at radius 3 is 2.62 bits per heavy atom. The van der Waals surface area contributed by atoms with Gasteiger partial charge in [-0.3, -0.25) is 0 Å². The summed E-state index contributed by atoms with van der Waals surface area (Å²) in [6.45, 7) is 2.86. The molecule has 26 heavy (non-hydrogen) atoms. The molecule has 0 aromatic carbocycles. The Labute approximate surface area is 158 Å². The molecule has 4 N–H and O–H groups in total. The molecule has 5 atom stereocenters. The van der Waals surface area contributed by atoms with Crippen molar-refractivity contribution in [1.82, 2.24) is 0 Å². The van der Waals surface area contributed by atoms with Crippen LogP contribution in [0.25, 0.3) is 0 Å². The Hall–Kier alpha value is -0.720. The second-order valence-electron chi connectivity index (χ2n) is 7.45. The molecule has 0 aromatic rings. The van der Waals surface area contributed by atoms with Crippen LogP contribution in [0.3, 0.4) is 0 Å². The summed E-state index contributed by atoms with van der Waals surface area (Å²) in [6.07, 6.45) is 12.0. The van der Waals surface area contributed by atoms with Crippen LogP contribution in [0.1, 0.15) is 64.7 Å². The van der Waals surface area contributed by atoms with E-state index in [1.165, 1.54) is 0 Å². The van der Waals surface area contributed by atoms with Crippen LogP contribution in [0.5, 0.6) is 0 Å². The fourth-order valence-electron chi connectivity index (χ4n) is 3.55. The van der Waals surface area contributed by atoms with Crippen molar-refractivity contribution in [2.75, 3.05) is 13.7 Å². The molecule has 5 heteroatoms. The van der Waals surface area contributed by atoms with E-state index in [1.54, 1.807) is 19.3 Å². The van der Waals surface area contributed by atoms with E-state index in [2.05, 4.69) is 6.92 Å². The highest BCUT2D eigenvalue weighted by Gasteiger charge is 2.51. The summed E-state index contributed by atoms with van der Waals surface area (Å²) in [5.41, 5.74) is -1.39. The molecule has 0 aliphatic heterocycles. The molecule has 0 aromatic heterocycles. The van der Waals surface area contributed by atoms with E-state index >= 15 is 0 Å². The number of hydrogen-bond donors (Lipinski definition) is 4. The van der Waals surface area contributed by atoms with Crippen molar-refractivity contribution >= 4 is 0 Å². The number of rotatable bonds is 13. The van der Waals surface area contributed by atoms with Crippen molar-refractivity contribution in [3.05, 3.63) is 24.3 Å². The summed E-state index contributed by atoms with van der Waals surface area (Å²) in [4.78, 5) is 0. The molecular weight excluding hydrogens is 332 g/mol. The highest BCUT2D eigenvalue weighted by molar-refractivity contribution is 5.14. The zero-order chi connectivity index (χ0) is 19.4. The molecular formula is C21H38O5. The van der Waals surface area contributed by atoms with Gasteiger partial charge in [-0.1, -0.05) is 50.5 Å². The molecule has 0 spiro atoms. The Morgan fingerprint density at radius 2 is 1.92 bits per heavy atom. The molecule has 1 aliphatic rings. The molecule has 0 saturated heterocycles. The lowest BCUT2D eigenvalue weighted by Gasteiger charge is -2.31. The van der Waals surface area contributed by atoms with E-state index in [0.717, 1.165) is 45.1 Å². The average Bonchev–Trinajstić information content (AvgIpc) is 2.81. The topological polar surface area (TPSA) is 90.2 Å². The van der Waals surface area contributed by atoms with Crippen molar-refractivity contribution in [3.8, 4) is 0 Å². The minimum Gasteiger partial charge on any atom is -0.392 e. The monoisotopic (exact) mass is 370 g/mol. The first-order chi connectivity index (χ1) is 12.5. The summed E-state index contributed by atoms with van der Waals surface area (Å²) >= 11 is 0. The van der Waals surface area contributed by atoms with E-state index in [9.17, 15) is 20.4 Å². The zero-order valence-corrected chi connectivity index (χ0v) is 16.4. The summed E-state index contributed by atoms with van der Waals surface area (Å²) in [5.74, 6) is -0.573. The van der Waals surface area contributed by atoms with Crippen LogP contribution in [0.15, 0.2) is 24.3 Å². The Morgan fingerprint density at radius 1 is 1.15 bits per heavy atom. The van der Waals surface area contributed by atoms with Crippen LogP contribution in [-0.2, 0) is 4.74 Å². The number of aliphatic hydroxyl groups is 4. The molecule has 152 valence electrons. The predicted molar refractivity (Wildman–Crippen MR) is 104 cm³/mol. The van der Waals surface area contributed by atoms with Gasteiger partial charge < -0.3 is 25.2 Å². The van der Waals surface area contributed by atoms with Crippen LogP contribution >= 0.6 is 0 Å². The fourth-order valence-corrected chi connectivity index (χ4v) is 3.55. The van der Waals surface area contributed by atoms with Gasteiger partial charge in [0.2, 0.25) is 0 Å². The van der Waals surface area contributed by atoms with Crippen molar-refractivity contribution in [2.45, 2.75) is 88.6 Å². The summed E-state index contributed by atoms with van der Waals surface area (Å²) < 4.78 is 5.01. The molecule has 0 heterocycles. The van der Waals surface area contributed by atoms with Crippen LogP contribution in [0.2, 0.25) is 0 Å². The Bertz CT molecular complexity index is 423. The van der Waals surface area contributed by atoms with Gasteiger partial charge in [0.15, 0.2) is 0 Å². The smallest absolute Gasteiger partial charge is 0.103 e. The molecule has 0 radical (unpaired) electrons. The van der Waals surface area contributed by atoms with Crippen LogP contribution in [-0.4, -0.2) is 58.1 Å². The molecule has 0 amide bonds. The maximum absolute atomic E-state index is 10.9. The van der Waals surface area contributed by atoms with Gasteiger partial charge in [-0.25, -0.2) is 0 Å². The average molecular weight is 371 g/mol. The fraction of sp³-hybridized carbons (Fsp3) is 0.810. The molecule has 0 unspecified atom stereocenters. The number of aliphatic hydroxyl groups excluding tert-OH is 3. The lowest BCUT2D eigenvalue weighted by Crippen LogP contribution is -2.43. The van der Waals surface area contributed by atoms with E-state index < -0.39 is 29.8 Å². The van der Waals surface area contributed by atoms with Gasteiger partial charge in [0.1, 0.15) is 5.60 Å². The molecule has 5 nitrogen and oxygen atoms in total. The summed E-state index contributed by atoms with van der Waals surface area (Å²) in [5, 5.41) is 41.5. The summed E-state index contributed by atoms with van der Waals surface area (Å²) in [6, 6.07) is 0. The van der Waals surface area contributed by atoms with Gasteiger partial charge >= 0.3 is 0 Å². The minimum atomic E-state index is -1.39. The minimum absolute atomic E-state index is 0.152. The number of ether oxygens (including phenoxy) is 1.